The van der Waals surface area contributed by atoms with E-state index >= 15 is 0 Å². The molecule has 0 aliphatic carbocycles. The summed E-state index contributed by atoms with van der Waals surface area (Å²) in [6.45, 7) is 0. The molecule has 0 saturated carbocycles. The summed E-state index contributed by atoms with van der Waals surface area (Å²) in [5.41, 5.74) is 1.40. The van der Waals surface area contributed by atoms with Gasteiger partial charge in [0.2, 0.25) is 11.8 Å². The zero-order chi connectivity index (χ0) is 15.0. The van der Waals surface area contributed by atoms with Crippen LogP contribution in [-0.4, -0.2) is 40.7 Å². The number of benzene rings is 1. The number of rotatable bonds is 2. The van der Waals surface area contributed by atoms with Crippen molar-refractivity contribution in [1.29, 1.82) is 0 Å². The van der Waals surface area contributed by atoms with Crippen LogP contribution in [0.3, 0.4) is 0 Å². The van der Waals surface area contributed by atoms with Crippen molar-refractivity contribution in [1.82, 2.24) is 15.2 Å². The van der Waals surface area contributed by atoms with Crippen LogP contribution in [0.25, 0.3) is 10.9 Å². The maximum atomic E-state index is 12.6. The van der Waals surface area contributed by atoms with E-state index in [0.717, 1.165) is 10.9 Å². The number of amides is 3. The summed E-state index contributed by atoms with van der Waals surface area (Å²) >= 11 is 0. The first kappa shape index (κ1) is 13.4. The van der Waals surface area contributed by atoms with Gasteiger partial charge in [-0.1, -0.05) is 18.2 Å². The SMILES string of the molecule is CN(C(=O)c1c[nH]c2ccccc12)C1CCC(=O)NC1=O. The Bertz CT molecular complexity index is 735. The number of hydrogen-bond donors (Lipinski definition) is 2. The number of nitrogens with one attached hydrogen (secondary N) is 2. The highest BCUT2D eigenvalue weighted by atomic mass is 16.2. The topological polar surface area (TPSA) is 82.3 Å². The summed E-state index contributed by atoms with van der Waals surface area (Å²) in [6.07, 6.45) is 2.26. The molecular formula is C15H15N3O3. The van der Waals surface area contributed by atoms with E-state index in [0.29, 0.717) is 12.0 Å². The van der Waals surface area contributed by atoms with E-state index in [1.165, 1.54) is 4.90 Å². The van der Waals surface area contributed by atoms with Crippen LogP contribution < -0.4 is 5.32 Å². The molecule has 3 rings (SSSR count). The van der Waals surface area contributed by atoms with Gasteiger partial charge < -0.3 is 9.88 Å². The number of imide groups is 1. The lowest BCUT2D eigenvalue weighted by Gasteiger charge is -2.29. The zero-order valence-electron chi connectivity index (χ0n) is 11.6. The standard InChI is InChI=1S/C15H15N3O3/c1-18(12-6-7-13(19)17-14(12)20)15(21)10-8-16-11-5-3-2-4-9(10)11/h2-5,8,12,16H,6-7H2,1H3,(H,17,19,20). The van der Waals surface area contributed by atoms with Gasteiger partial charge in [0, 0.05) is 30.6 Å². The lowest BCUT2D eigenvalue weighted by Crippen LogP contribution is -2.52. The number of fused-ring (bicyclic) bond motifs is 1. The molecule has 1 aliphatic heterocycles. The molecule has 6 heteroatoms. The molecule has 2 N–H and O–H groups in total. The van der Waals surface area contributed by atoms with Gasteiger partial charge in [-0.3, -0.25) is 19.7 Å². The van der Waals surface area contributed by atoms with E-state index in [9.17, 15) is 14.4 Å². The van der Waals surface area contributed by atoms with Crippen LogP contribution in [-0.2, 0) is 9.59 Å². The third kappa shape index (κ3) is 2.29. The first-order valence-corrected chi connectivity index (χ1v) is 6.75. The number of carbonyl (C=O) groups excluding carboxylic acids is 3. The Labute approximate surface area is 121 Å². The monoisotopic (exact) mass is 285 g/mol. The number of H-pyrrole nitrogens is 1. The molecule has 21 heavy (non-hydrogen) atoms. The normalized spacial score (nSPS) is 18.6. The van der Waals surface area contributed by atoms with Gasteiger partial charge in [0.25, 0.3) is 5.91 Å². The quantitative estimate of drug-likeness (QED) is 0.809. The Morgan fingerprint density at radius 1 is 1.29 bits per heavy atom. The number of nitrogens with zero attached hydrogens (tertiary/aromatic N) is 1. The van der Waals surface area contributed by atoms with E-state index in [1.54, 1.807) is 13.2 Å². The van der Waals surface area contributed by atoms with Crippen molar-refractivity contribution in [3.8, 4) is 0 Å². The Morgan fingerprint density at radius 2 is 2.05 bits per heavy atom. The second-order valence-corrected chi connectivity index (χ2v) is 5.13. The summed E-state index contributed by atoms with van der Waals surface area (Å²) in [7, 11) is 1.59. The fraction of sp³-hybridized carbons (Fsp3) is 0.267. The molecule has 1 aliphatic rings. The van der Waals surface area contributed by atoms with Gasteiger partial charge in [0.05, 0.1) is 5.56 Å². The Morgan fingerprint density at radius 3 is 2.81 bits per heavy atom. The smallest absolute Gasteiger partial charge is 0.256 e. The Balaban J connectivity index is 1.88. The molecule has 1 unspecified atom stereocenters. The number of hydrogen-bond acceptors (Lipinski definition) is 3. The molecule has 6 nitrogen and oxygen atoms in total. The highest BCUT2D eigenvalue weighted by Crippen LogP contribution is 2.21. The number of para-hydroxylation sites is 1. The minimum absolute atomic E-state index is 0.234. The van der Waals surface area contributed by atoms with Crippen LogP contribution in [0.2, 0.25) is 0 Å². The predicted octanol–water partition coefficient (Wildman–Crippen LogP) is 1.05. The maximum absolute atomic E-state index is 12.6. The fourth-order valence-electron chi connectivity index (χ4n) is 2.63. The molecule has 2 aromatic rings. The molecule has 0 bridgehead atoms. The second kappa shape index (κ2) is 5.05. The van der Waals surface area contributed by atoms with E-state index in [2.05, 4.69) is 10.3 Å². The number of likely N-dealkylation sites (N-methyl/N-ethyl adjacent to an activating group) is 1. The van der Waals surface area contributed by atoms with Crippen molar-refractivity contribution in [2.24, 2.45) is 0 Å². The van der Waals surface area contributed by atoms with Crippen molar-refractivity contribution in [2.45, 2.75) is 18.9 Å². The van der Waals surface area contributed by atoms with Gasteiger partial charge in [-0.05, 0) is 12.5 Å². The van der Waals surface area contributed by atoms with Gasteiger partial charge in [-0.2, -0.15) is 0 Å². The number of piperidine rings is 1. The lowest BCUT2D eigenvalue weighted by molar-refractivity contribution is -0.136. The highest BCUT2D eigenvalue weighted by Gasteiger charge is 2.33. The zero-order valence-corrected chi connectivity index (χ0v) is 11.6. The summed E-state index contributed by atoms with van der Waals surface area (Å²) in [6, 6.07) is 6.88. The average Bonchev–Trinajstić information content (AvgIpc) is 2.90. The number of aromatic amines is 1. The van der Waals surface area contributed by atoms with Gasteiger partial charge in [0.1, 0.15) is 6.04 Å². The highest BCUT2D eigenvalue weighted by molar-refractivity contribution is 6.09. The van der Waals surface area contributed by atoms with E-state index in [1.807, 2.05) is 24.3 Å². The van der Waals surface area contributed by atoms with Gasteiger partial charge in [0.15, 0.2) is 0 Å². The second-order valence-electron chi connectivity index (χ2n) is 5.13. The first-order valence-electron chi connectivity index (χ1n) is 6.75. The summed E-state index contributed by atoms with van der Waals surface area (Å²) in [4.78, 5) is 40.1. The van der Waals surface area contributed by atoms with Crippen LogP contribution in [0.15, 0.2) is 30.5 Å². The Hall–Kier alpha value is -2.63. The molecule has 2 heterocycles. The van der Waals surface area contributed by atoms with Crippen LogP contribution >= 0.6 is 0 Å². The summed E-state index contributed by atoms with van der Waals surface area (Å²) < 4.78 is 0. The molecule has 1 aromatic carbocycles. The molecule has 0 radical (unpaired) electrons. The van der Waals surface area contributed by atoms with Crippen molar-refractivity contribution in [3.05, 3.63) is 36.0 Å². The van der Waals surface area contributed by atoms with E-state index < -0.39 is 11.9 Å². The van der Waals surface area contributed by atoms with Gasteiger partial charge in [-0.15, -0.1) is 0 Å². The molecular weight excluding hydrogens is 270 g/mol. The largest absolute Gasteiger partial charge is 0.360 e. The molecule has 1 atom stereocenters. The number of aromatic nitrogens is 1. The summed E-state index contributed by atoms with van der Waals surface area (Å²) in [5.74, 6) is -0.937. The third-order valence-electron chi connectivity index (χ3n) is 3.82. The summed E-state index contributed by atoms with van der Waals surface area (Å²) in [5, 5.41) is 3.09. The van der Waals surface area contributed by atoms with Crippen LogP contribution in [0.5, 0.6) is 0 Å². The molecule has 0 spiro atoms. The first-order chi connectivity index (χ1) is 10.1. The van der Waals surface area contributed by atoms with Crippen LogP contribution in [0, 0.1) is 0 Å². The molecule has 1 saturated heterocycles. The van der Waals surface area contributed by atoms with Crippen molar-refractivity contribution >= 4 is 28.6 Å². The maximum Gasteiger partial charge on any atom is 0.256 e. The lowest BCUT2D eigenvalue weighted by atomic mass is 10.0. The Kier molecular flexibility index (Phi) is 3.21. The molecule has 1 aromatic heterocycles. The van der Waals surface area contributed by atoms with Crippen LogP contribution in [0.1, 0.15) is 23.2 Å². The van der Waals surface area contributed by atoms with Gasteiger partial charge >= 0.3 is 0 Å². The predicted molar refractivity (Wildman–Crippen MR) is 76.6 cm³/mol. The third-order valence-corrected chi connectivity index (χ3v) is 3.82. The van der Waals surface area contributed by atoms with Crippen molar-refractivity contribution in [2.75, 3.05) is 7.05 Å². The average molecular weight is 285 g/mol. The van der Waals surface area contributed by atoms with Crippen molar-refractivity contribution < 1.29 is 14.4 Å². The van der Waals surface area contributed by atoms with Crippen LogP contribution in [0.4, 0.5) is 0 Å². The van der Waals surface area contributed by atoms with Gasteiger partial charge in [-0.25, -0.2) is 0 Å². The minimum atomic E-state index is -0.608. The van der Waals surface area contributed by atoms with E-state index in [4.69, 9.17) is 0 Å². The molecule has 1 fully saturated rings. The molecule has 3 amide bonds. The fourth-order valence-corrected chi connectivity index (χ4v) is 2.63. The van der Waals surface area contributed by atoms with E-state index in [-0.39, 0.29) is 18.2 Å². The molecule has 108 valence electrons. The van der Waals surface area contributed by atoms with Crippen molar-refractivity contribution in [3.63, 3.8) is 0 Å². The number of carbonyl (C=O) groups is 3. The minimum Gasteiger partial charge on any atom is -0.360 e.